The number of hydrogen-bond acceptors (Lipinski definition) is 3. The van der Waals surface area contributed by atoms with Crippen molar-refractivity contribution >= 4 is 5.91 Å². The molecule has 4 nitrogen and oxygen atoms in total. The van der Waals surface area contributed by atoms with Gasteiger partial charge in [0.2, 0.25) is 5.91 Å². The van der Waals surface area contributed by atoms with Gasteiger partial charge in [-0.3, -0.25) is 10.1 Å². The smallest absolute Gasteiger partial charge is 0.242 e. The van der Waals surface area contributed by atoms with Gasteiger partial charge in [0.25, 0.3) is 0 Å². The van der Waals surface area contributed by atoms with Gasteiger partial charge in [0.05, 0.1) is 5.54 Å². The fourth-order valence-electron chi connectivity index (χ4n) is 0.847. The average molecular weight is 144 g/mol. The Hall–Kier alpha value is -0.610. The van der Waals surface area contributed by atoms with E-state index in [2.05, 4.69) is 10.6 Å². The number of methoxy groups -OCH3 is 1. The van der Waals surface area contributed by atoms with Crippen molar-refractivity contribution < 1.29 is 9.53 Å². The Bertz CT molecular complexity index is 156. The molecule has 1 saturated heterocycles. The molecule has 1 atom stereocenters. The third kappa shape index (κ3) is 1.12. The van der Waals surface area contributed by atoms with Crippen molar-refractivity contribution in [2.75, 3.05) is 7.11 Å². The number of nitrogens with one attached hydrogen (secondary N) is 2. The van der Waals surface area contributed by atoms with E-state index >= 15 is 0 Å². The quantitative estimate of drug-likeness (QED) is 0.517. The molecule has 0 bridgehead atoms. The number of carbonyl (C=O) groups is 1. The molecule has 0 spiro atoms. The number of rotatable bonds is 1. The molecule has 1 aliphatic rings. The van der Waals surface area contributed by atoms with Gasteiger partial charge in [0.15, 0.2) is 6.35 Å². The third-order valence-corrected chi connectivity index (χ3v) is 1.56. The number of hydrogen-bond donors (Lipinski definition) is 2. The van der Waals surface area contributed by atoms with Crippen LogP contribution in [0.1, 0.15) is 13.8 Å². The first-order valence-electron chi connectivity index (χ1n) is 3.18. The van der Waals surface area contributed by atoms with E-state index in [-0.39, 0.29) is 12.3 Å². The van der Waals surface area contributed by atoms with Gasteiger partial charge < -0.3 is 10.1 Å². The van der Waals surface area contributed by atoms with Crippen molar-refractivity contribution in [3.8, 4) is 0 Å². The summed E-state index contributed by atoms with van der Waals surface area (Å²) in [6.45, 7) is 3.61. The second kappa shape index (κ2) is 2.21. The Kier molecular flexibility index (Phi) is 1.66. The van der Waals surface area contributed by atoms with Crippen molar-refractivity contribution in [1.29, 1.82) is 0 Å². The summed E-state index contributed by atoms with van der Waals surface area (Å²) in [6, 6.07) is 0. The van der Waals surface area contributed by atoms with Gasteiger partial charge in [0.1, 0.15) is 0 Å². The summed E-state index contributed by atoms with van der Waals surface area (Å²) in [5.41, 5.74) is -0.499. The molecular formula is C6H12N2O2. The van der Waals surface area contributed by atoms with Crippen molar-refractivity contribution in [1.82, 2.24) is 10.6 Å². The van der Waals surface area contributed by atoms with E-state index < -0.39 is 5.54 Å². The predicted octanol–water partition coefficient (Wildman–Crippen LogP) is -0.586. The lowest BCUT2D eigenvalue weighted by molar-refractivity contribution is -0.123. The number of carbonyl (C=O) groups excluding carboxylic acids is 1. The zero-order valence-electron chi connectivity index (χ0n) is 6.39. The van der Waals surface area contributed by atoms with Gasteiger partial charge in [-0.1, -0.05) is 0 Å². The van der Waals surface area contributed by atoms with Crippen molar-refractivity contribution in [2.45, 2.75) is 25.7 Å². The first-order chi connectivity index (χ1) is 4.56. The summed E-state index contributed by atoms with van der Waals surface area (Å²) < 4.78 is 4.87. The molecule has 1 amide bonds. The van der Waals surface area contributed by atoms with Gasteiger partial charge in [-0.05, 0) is 13.8 Å². The molecule has 2 N–H and O–H groups in total. The maximum absolute atomic E-state index is 11.0. The van der Waals surface area contributed by atoms with Crippen LogP contribution < -0.4 is 10.6 Å². The molecule has 0 radical (unpaired) electrons. The first kappa shape index (κ1) is 7.50. The van der Waals surface area contributed by atoms with Crippen LogP contribution in [0.5, 0.6) is 0 Å². The Morgan fingerprint density at radius 1 is 1.60 bits per heavy atom. The van der Waals surface area contributed by atoms with Gasteiger partial charge in [-0.15, -0.1) is 0 Å². The Morgan fingerprint density at radius 3 is 2.40 bits per heavy atom. The van der Waals surface area contributed by atoms with Crippen LogP contribution in [-0.2, 0) is 9.53 Å². The summed E-state index contributed by atoms with van der Waals surface area (Å²) in [5, 5.41) is 5.57. The topological polar surface area (TPSA) is 50.4 Å². The lowest BCUT2D eigenvalue weighted by Gasteiger charge is -2.14. The summed E-state index contributed by atoms with van der Waals surface area (Å²) in [6.07, 6.45) is -0.331. The molecule has 1 aliphatic heterocycles. The van der Waals surface area contributed by atoms with Crippen LogP contribution in [-0.4, -0.2) is 24.9 Å². The van der Waals surface area contributed by atoms with Crippen LogP contribution >= 0.6 is 0 Å². The molecular weight excluding hydrogens is 132 g/mol. The highest BCUT2D eigenvalue weighted by Gasteiger charge is 2.37. The van der Waals surface area contributed by atoms with Crippen LogP contribution in [0.25, 0.3) is 0 Å². The van der Waals surface area contributed by atoms with Crippen LogP contribution in [0.4, 0.5) is 0 Å². The molecule has 4 heteroatoms. The predicted molar refractivity (Wildman–Crippen MR) is 36.2 cm³/mol. The zero-order chi connectivity index (χ0) is 7.78. The normalized spacial score (nSPS) is 30.3. The fraction of sp³-hybridized carbons (Fsp3) is 0.833. The van der Waals surface area contributed by atoms with Crippen LogP contribution in [0.15, 0.2) is 0 Å². The second-order valence-electron chi connectivity index (χ2n) is 2.86. The molecule has 0 aromatic carbocycles. The fourth-order valence-corrected chi connectivity index (χ4v) is 0.847. The van der Waals surface area contributed by atoms with E-state index in [4.69, 9.17) is 4.74 Å². The van der Waals surface area contributed by atoms with E-state index in [1.54, 1.807) is 21.0 Å². The van der Waals surface area contributed by atoms with Crippen LogP contribution in [0.2, 0.25) is 0 Å². The molecule has 0 aromatic rings. The summed E-state index contributed by atoms with van der Waals surface area (Å²) in [7, 11) is 1.54. The maximum atomic E-state index is 11.0. The molecule has 10 heavy (non-hydrogen) atoms. The molecule has 1 unspecified atom stereocenters. The van der Waals surface area contributed by atoms with E-state index in [0.717, 1.165) is 0 Å². The van der Waals surface area contributed by atoms with Crippen molar-refractivity contribution in [3.63, 3.8) is 0 Å². The van der Waals surface area contributed by atoms with E-state index in [9.17, 15) is 4.79 Å². The minimum atomic E-state index is -0.499. The van der Waals surface area contributed by atoms with Gasteiger partial charge in [-0.25, -0.2) is 0 Å². The minimum absolute atomic E-state index is 0.0284. The highest BCUT2D eigenvalue weighted by molar-refractivity contribution is 5.87. The van der Waals surface area contributed by atoms with Gasteiger partial charge in [-0.2, -0.15) is 0 Å². The Morgan fingerprint density at radius 2 is 2.20 bits per heavy atom. The standard InChI is InChI=1S/C6H12N2O2/c1-6(2)4(9)7-5(8-6)10-3/h5,8H,1-3H3,(H,7,9). The average Bonchev–Trinajstić information content (AvgIpc) is 2.08. The number of amides is 1. The molecule has 1 fully saturated rings. The second-order valence-corrected chi connectivity index (χ2v) is 2.86. The molecule has 1 heterocycles. The number of ether oxygens (including phenoxy) is 1. The van der Waals surface area contributed by atoms with Crippen LogP contribution in [0, 0.1) is 0 Å². The van der Waals surface area contributed by atoms with E-state index in [1.807, 2.05) is 0 Å². The third-order valence-electron chi connectivity index (χ3n) is 1.56. The lowest BCUT2D eigenvalue weighted by Crippen LogP contribution is -2.41. The lowest BCUT2D eigenvalue weighted by atomic mass is 10.1. The van der Waals surface area contributed by atoms with Gasteiger partial charge >= 0.3 is 0 Å². The monoisotopic (exact) mass is 144 g/mol. The SMILES string of the molecule is COC1NC(=O)C(C)(C)N1. The first-order valence-corrected chi connectivity index (χ1v) is 3.18. The highest BCUT2D eigenvalue weighted by atomic mass is 16.5. The van der Waals surface area contributed by atoms with Gasteiger partial charge in [0, 0.05) is 7.11 Å². The minimum Gasteiger partial charge on any atom is -0.348 e. The van der Waals surface area contributed by atoms with Crippen LogP contribution in [0.3, 0.4) is 0 Å². The van der Waals surface area contributed by atoms with Crippen molar-refractivity contribution in [2.24, 2.45) is 0 Å². The van der Waals surface area contributed by atoms with E-state index in [1.165, 1.54) is 0 Å². The largest absolute Gasteiger partial charge is 0.348 e. The molecule has 0 saturated carbocycles. The summed E-state index contributed by atoms with van der Waals surface area (Å²) in [4.78, 5) is 11.0. The maximum Gasteiger partial charge on any atom is 0.242 e. The summed E-state index contributed by atoms with van der Waals surface area (Å²) >= 11 is 0. The van der Waals surface area contributed by atoms with E-state index in [0.29, 0.717) is 0 Å². The Balaban J connectivity index is 2.62. The van der Waals surface area contributed by atoms with Crippen molar-refractivity contribution in [3.05, 3.63) is 0 Å². The summed E-state index contributed by atoms with van der Waals surface area (Å²) in [5.74, 6) is -0.0284. The molecule has 0 aliphatic carbocycles. The molecule has 1 rings (SSSR count). The highest BCUT2D eigenvalue weighted by Crippen LogP contribution is 2.09. The Labute approximate surface area is 59.9 Å². The molecule has 58 valence electrons. The molecule has 0 aromatic heterocycles. The zero-order valence-corrected chi connectivity index (χ0v) is 6.39.